The Labute approximate surface area is 166 Å². The molecule has 150 valence electrons. The zero-order chi connectivity index (χ0) is 20.8. The second kappa shape index (κ2) is 9.10. The Kier molecular flexibility index (Phi) is 6.34. The highest BCUT2D eigenvalue weighted by atomic mass is 19.3. The minimum absolute atomic E-state index is 0.0360. The van der Waals surface area contributed by atoms with Crippen LogP contribution >= 0.6 is 0 Å². The largest absolute Gasteiger partial charge is 0.435 e. The van der Waals surface area contributed by atoms with Gasteiger partial charge in [-0.1, -0.05) is 12.1 Å². The van der Waals surface area contributed by atoms with E-state index in [1.165, 1.54) is 30.6 Å². The van der Waals surface area contributed by atoms with Gasteiger partial charge in [0.15, 0.2) is 11.5 Å². The number of ether oxygens (including phenoxy) is 1. The Bertz CT molecular complexity index is 944. The van der Waals surface area contributed by atoms with E-state index in [9.17, 15) is 18.8 Å². The maximum absolute atomic E-state index is 12.6. The topological polar surface area (TPSA) is 82.4 Å². The summed E-state index contributed by atoms with van der Waals surface area (Å²) in [7, 11) is 0. The highest BCUT2D eigenvalue weighted by Gasteiger charge is 2.28. The van der Waals surface area contributed by atoms with Crippen LogP contribution in [-0.4, -0.2) is 53.1 Å². The standard InChI is InChI=1S/C20H19F2N5O2/c1-14-13-26(19-17(12-23)24-7-8-25-19)9-10-27(14)18(28)6-5-15-3-2-4-16(11-15)29-20(21)22/h2-8,11,14,20H,9-10,13H2,1H3/t14-/m1/s1. The first kappa shape index (κ1) is 20.2. The molecule has 1 saturated heterocycles. The average molecular weight is 399 g/mol. The van der Waals surface area contributed by atoms with E-state index >= 15 is 0 Å². The van der Waals surface area contributed by atoms with Crippen LogP contribution in [-0.2, 0) is 4.79 Å². The number of nitriles is 1. The molecule has 2 aromatic rings. The number of benzene rings is 1. The molecule has 0 saturated carbocycles. The summed E-state index contributed by atoms with van der Waals surface area (Å²) in [4.78, 5) is 24.5. The molecule has 1 fully saturated rings. The van der Waals surface area contributed by atoms with Crippen molar-refractivity contribution < 1.29 is 18.3 Å². The molecule has 0 aliphatic carbocycles. The zero-order valence-corrected chi connectivity index (χ0v) is 15.7. The molecule has 0 spiro atoms. The summed E-state index contributed by atoms with van der Waals surface area (Å²) in [6.45, 7) is 0.515. The summed E-state index contributed by atoms with van der Waals surface area (Å²) in [5.74, 6) is 0.367. The molecule has 0 N–H and O–H groups in total. The van der Waals surface area contributed by atoms with Crippen molar-refractivity contribution in [1.82, 2.24) is 14.9 Å². The fourth-order valence-corrected chi connectivity index (χ4v) is 3.18. The van der Waals surface area contributed by atoms with Gasteiger partial charge in [0, 0.05) is 44.1 Å². The number of carbonyl (C=O) groups is 1. The average Bonchev–Trinajstić information content (AvgIpc) is 2.71. The number of carbonyl (C=O) groups excluding carboxylic acids is 1. The Morgan fingerprint density at radius 3 is 2.86 bits per heavy atom. The van der Waals surface area contributed by atoms with Gasteiger partial charge < -0.3 is 14.5 Å². The van der Waals surface area contributed by atoms with E-state index in [0.717, 1.165) is 0 Å². The first-order valence-electron chi connectivity index (χ1n) is 8.97. The fraction of sp³-hybridized carbons (Fsp3) is 0.300. The Morgan fingerprint density at radius 2 is 2.14 bits per heavy atom. The molecule has 1 aliphatic rings. The summed E-state index contributed by atoms with van der Waals surface area (Å²) in [5.41, 5.74) is 0.839. The fourth-order valence-electron chi connectivity index (χ4n) is 3.18. The number of hydrogen-bond acceptors (Lipinski definition) is 6. The molecule has 7 nitrogen and oxygen atoms in total. The molecule has 2 heterocycles. The van der Waals surface area contributed by atoms with Gasteiger partial charge in [-0.2, -0.15) is 14.0 Å². The van der Waals surface area contributed by atoms with Crippen molar-refractivity contribution in [1.29, 1.82) is 5.26 Å². The van der Waals surface area contributed by atoms with Crippen molar-refractivity contribution in [3.8, 4) is 11.8 Å². The lowest BCUT2D eigenvalue weighted by atomic mass is 10.1. The molecule has 0 unspecified atom stereocenters. The molecule has 1 aliphatic heterocycles. The van der Waals surface area contributed by atoms with Gasteiger partial charge in [0.25, 0.3) is 0 Å². The van der Waals surface area contributed by atoms with E-state index in [0.29, 0.717) is 31.0 Å². The summed E-state index contributed by atoms with van der Waals surface area (Å²) in [6.07, 6.45) is 5.98. The number of piperazine rings is 1. The van der Waals surface area contributed by atoms with Crippen LogP contribution in [0.3, 0.4) is 0 Å². The molecular formula is C20H19F2N5O2. The number of rotatable bonds is 5. The monoisotopic (exact) mass is 399 g/mol. The number of aromatic nitrogens is 2. The first-order chi connectivity index (χ1) is 14.0. The molecule has 29 heavy (non-hydrogen) atoms. The van der Waals surface area contributed by atoms with Crippen LogP contribution in [0, 0.1) is 11.3 Å². The van der Waals surface area contributed by atoms with Gasteiger partial charge in [0.05, 0.1) is 0 Å². The lowest BCUT2D eigenvalue weighted by Gasteiger charge is -2.40. The summed E-state index contributed by atoms with van der Waals surface area (Å²) in [6, 6.07) is 8.06. The van der Waals surface area contributed by atoms with Crippen LogP contribution in [0.5, 0.6) is 5.75 Å². The second-order valence-corrected chi connectivity index (χ2v) is 6.45. The van der Waals surface area contributed by atoms with Gasteiger partial charge >= 0.3 is 6.61 Å². The van der Waals surface area contributed by atoms with Crippen molar-refractivity contribution in [2.45, 2.75) is 19.6 Å². The van der Waals surface area contributed by atoms with Crippen molar-refractivity contribution in [3.05, 3.63) is 54.0 Å². The van der Waals surface area contributed by atoms with E-state index in [1.807, 2.05) is 17.9 Å². The van der Waals surface area contributed by atoms with Crippen molar-refractivity contribution in [2.75, 3.05) is 24.5 Å². The zero-order valence-electron chi connectivity index (χ0n) is 15.7. The Balaban J connectivity index is 1.64. The quantitative estimate of drug-likeness (QED) is 0.719. The molecule has 1 aromatic carbocycles. The van der Waals surface area contributed by atoms with Gasteiger partial charge in [0.1, 0.15) is 11.8 Å². The Hall–Kier alpha value is -3.54. The Morgan fingerprint density at radius 1 is 1.34 bits per heavy atom. The second-order valence-electron chi connectivity index (χ2n) is 6.45. The lowest BCUT2D eigenvalue weighted by Crippen LogP contribution is -2.54. The van der Waals surface area contributed by atoms with Crippen LogP contribution < -0.4 is 9.64 Å². The third-order valence-corrected chi connectivity index (χ3v) is 4.50. The van der Waals surface area contributed by atoms with Crippen LogP contribution in [0.4, 0.5) is 14.6 Å². The molecule has 0 radical (unpaired) electrons. The molecular weight excluding hydrogens is 380 g/mol. The molecule has 0 bridgehead atoms. The summed E-state index contributed by atoms with van der Waals surface area (Å²) in [5, 5.41) is 9.20. The maximum Gasteiger partial charge on any atom is 0.387 e. The summed E-state index contributed by atoms with van der Waals surface area (Å²) < 4.78 is 29.0. The number of nitrogens with zero attached hydrogens (tertiary/aromatic N) is 5. The number of alkyl halides is 2. The van der Waals surface area contributed by atoms with Crippen molar-refractivity contribution in [2.24, 2.45) is 0 Å². The number of hydrogen-bond donors (Lipinski definition) is 0. The van der Waals surface area contributed by atoms with Crippen molar-refractivity contribution in [3.63, 3.8) is 0 Å². The van der Waals surface area contributed by atoms with E-state index in [4.69, 9.17) is 0 Å². The summed E-state index contributed by atoms with van der Waals surface area (Å²) >= 11 is 0. The van der Waals surface area contributed by atoms with Crippen LogP contribution in [0.15, 0.2) is 42.7 Å². The van der Waals surface area contributed by atoms with Crippen LogP contribution in [0.25, 0.3) is 6.08 Å². The highest BCUT2D eigenvalue weighted by Crippen LogP contribution is 2.20. The van der Waals surface area contributed by atoms with E-state index in [2.05, 4.69) is 14.7 Å². The third kappa shape index (κ3) is 5.04. The lowest BCUT2D eigenvalue weighted by molar-refractivity contribution is -0.128. The van der Waals surface area contributed by atoms with Gasteiger partial charge in [-0.15, -0.1) is 0 Å². The normalized spacial score (nSPS) is 16.9. The van der Waals surface area contributed by atoms with E-state index in [-0.39, 0.29) is 23.4 Å². The molecule has 1 amide bonds. The SMILES string of the molecule is C[C@@H]1CN(c2nccnc2C#N)CCN1C(=O)C=Cc1cccc(OC(F)F)c1. The molecule has 1 atom stereocenters. The maximum atomic E-state index is 12.6. The number of amides is 1. The van der Waals surface area contributed by atoms with Crippen LogP contribution in [0.2, 0.25) is 0 Å². The smallest absolute Gasteiger partial charge is 0.387 e. The van der Waals surface area contributed by atoms with Gasteiger partial charge in [-0.3, -0.25) is 4.79 Å². The number of anilines is 1. The predicted molar refractivity (Wildman–Crippen MR) is 102 cm³/mol. The minimum atomic E-state index is -2.90. The van der Waals surface area contributed by atoms with Crippen molar-refractivity contribution >= 4 is 17.8 Å². The molecule has 3 rings (SSSR count). The van der Waals surface area contributed by atoms with E-state index < -0.39 is 6.61 Å². The minimum Gasteiger partial charge on any atom is -0.435 e. The van der Waals surface area contributed by atoms with Gasteiger partial charge in [0.2, 0.25) is 5.91 Å². The molecule has 1 aromatic heterocycles. The first-order valence-corrected chi connectivity index (χ1v) is 8.97. The number of halogens is 2. The van der Waals surface area contributed by atoms with E-state index in [1.54, 1.807) is 23.1 Å². The third-order valence-electron chi connectivity index (χ3n) is 4.50. The van der Waals surface area contributed by atoms with Gasteiger partial charge in [-0.25, -0.2) is 9.97 Å². The predicted octanol–water partition coefficient (Wildman–Crippen LogP) is 2.70. The van der Waals surface area contributed by atoms with Gasteiger partial charge in [-0.05, 0) is 30.7 Å². The highest BCUT2D eigenvalue weighted by molar-refractivity contribution is 5.92. The molecule has 9 heteroatoms. The van der Waals surface area contributed by atoms with Crippen LogP contribution in [0.1, 0.15) is 18.2 Å².